The van der Waals surface area contributed by atoms with Crippen molar-refractivity contribution in [2.24, 2.45) is 0 Å². The highest BCUT2D eigenvalue weighted by atomic mass is 35.5. The minimum Gasteiger partial charge on any atom is -0.389 e. The van der Waals surface area contributed by atoms with Crippen LogP contribution < -0.4 is 0 Å². The average molecular weight is 293 g/mol. The van der Waals surface area contributed by atoms with Crippen LogP contribution in [-0.2, 0) is 19.4 Å². The van der Waals surface area contributed by atoms with Crippen LogP contribution in [0.25, 0.3) is 0 Å². The van der Waals surface area contributed by atoms with Crippen molar-refractivity contribution < 1.29 is 5.11 Å². The maximum absolute atomic E-state index is 10.6. The second-order valence-corrected chi connectivity index (χ2v) is 5.95. The molecule has 0 fully saturated rings. The van der Waals surface area contributed by atoms with Crippen LogP contribution in [0, 0.1) is 0 Å². The molecule has 1 unspecified atom stereocenters. The van der Waals surface area contributed by atoms with Crippen molar-refractivity contribution in [1.82, 2.24) is 9.55 Å². The van der Waals surface area contributed by atoms with Crippen LogP contribution in [0.4, 0.5) is 0 Å². The van der Waals surface area contributed by atoms with Gasteiger partial charge in [0.15, 0.2) is 0 Å². The average Bonchev–Trinajstić information content (AvgIpc) is 2.79. The maximum Gasteiger partial charge on any atom is 0.111 e. The molecule has 0 bridgehead atoms. The van der Waals surface area contributed by atoms with Gasteiger partial charge in [-0.05, 0) is 31.0 Å². The van der Waals surface area contributed by atoms with Crippen LogP contribution in [0.1, 0.15) is 31.7 Å². The van der Waals surface area contributed by atoms with Crippen LogP contribution in [-0.4, -0.2) is 20.3 Å². The lowest BCUT2D eigenvalue weighted by Gasteiger charge is -2.23. The maximum atomic E-state index is 10.6. The topological polar surface area (TPSA) is 38.0 Å². The summed E-state index contributed by atoms with van der Waals surface area (Å²) in [5, 5.41) is 11.3. The Labute approximate surface area is 125 Å². The largest absolute Gasteiger partial charge is 0.389 e. The summed E-state index contributed by atoms with van der Waals surface area (Å²) in [7, 11) is 0. The van der Waals surface area contributed by atoms with E-state index >= 15 is 0 Å². The smallest absolute Gasteiger partial charge is 0.111 e. The first-order valence-electron chi connectivity index (χ1n) is 6.97. The summed E-state index contributed by atoms with van der Waals surface area (Å²) in [5.74, 6) is 0.936. The third-order valence-corrected chi connectivity index (χ3v) is 3.56. The van der Waals surface area contributed by atoms with Crippen LogP contribution in [0.5, 0.6) is 0 Å². The Balaban J connectivity index is 2.06. The number of hydrogen-bond donors (Lipinski definition) is 1. The van der Waals surface area contributed by atoms with E-state index in [0.717, 1.165) is 24.4 Å². The summed E-state index contributed by atoms with van der Waals surface area (Å²) in [4.78, 5) is 4.36. The van der Waals surface area contributed by atoms with Gasteiger partial charge in [0.2, 0.25) is 0 Å². The molecular formula is C16H21ClN2O. The minimum absolute atomic E-state index is 0.544. The van der Waals surface area contributed by atoms with Gasteiger partial charge < -0.3 is 9.67 Å². The zero-order valence-corrected chi connectivity index (χ0v) is 12.8. The molecule has 0 aliphatic carbocycles. The summed E-state index contributed by atoms with van der Waals surface area (Å²) in [5.41, 5.74) is 0.262. The molecule has 1 heterocycles. The van der Waals surface area contributed by atoms with E-state index in [1.807, 2.05) is 37.4 Å². The molecule has 108 valence electrons. The zero-order chi connectivity index (χ0) is 14.6. The van der Waals surface area contributed by atoms with E-state index < -0.39 is 5.60 Å². The van der Waals surface area contributed by atoms with Gasteiger partial charge in [0.05, 0.1) is 5.60 Å². The van der Waals surface area contributed by atoms with Gasteiger partial charge in [0.25, 0.3) is 0 Å². The number of hydrogen-bond acceptors (Lipinski definition) is 2. The second-order valence-electron chi connectivity index (χ2n) is 5.51. The van der Waals surface area contributed by atoms with Crippen LogP contribution in [0.3, 0.4) is 0 Å². The monoisotopic (exact) mass is 292 g/mol. The second kappa shape index (κ2) is 6.42. The highest BCUT2D eigenvalue weighted by Gasteiger charge is 2.23. The first-order valence-corrected chi connectivity index (χ1v) is 7.35. The number of benzene rings is 1. The van der Waals surface area contributed by atoms with Crippen molar-refractivity contribution in [3.05, 3.63) is 53.1 Å². The molecule has 0 saturated carbocycles. The van der Waals surface area contributed by atoms with Gasteiger partial charge in [-0.1, -0.05) is 30.7 Å². The Kier molecular flexibility index (Phi) is 4.84. The van der Waals surface area contributed by atoms with Gasteiger partial charge in [-0.15, -0.1) is 0 Å². The summed E-state index contributed by atoms with van der Waals surface area (Å²) in [6, 6.07) is 7.61. The molecule has 1 aromatic carbocycles. The number of aromatic nitrogens is 2. The molecule has 2 aromatic rings. The van der Waals surface area contributed by atoms with E-state index in [1.54, 1.807) is 6.20 Å². The summed E-state index contributed by atoms with van der Waals surface area (Å²) < 4.78 is 2.11. The first-order chi connectivity index (χ1) is 9.50. The van der Waals surface area contributed by atoms with Gasteiger partial charge in [-0.25, -0.2) is 4.98 Å². The zero-order valence-electron chi connectivity index (χ0n) is 12.0. The molecule has 2 rings (SSSR count). The fraction of sp³-hybridized carbons (Fsp3) is 0.438. The third kappa shape index (κ3) is 4.09. The van der Waals surface area contributed by atoms with E-state index in [9.17, 15) is 5.11 Å². The van der Waals surface area contributed by atoms with Crippen LogP contribution >= 0.6 is 11.6 Å². The predicted octanol–water partition coefficient (Wildman–Crippen LogP) is 3.48. The molecule has 0 spiro atoms. The molecule has 1 atom stereocenters. The van der Waals surface area contributed by atoms with Crippen molar-refractivity contribution in [2.75, 3.05) is 0 Å². The van der Waals surface area contributed by atoms with Crippen LogP contribution in [0.2, 0.25) is 5.02 Å². The standard InChI is InChI=1S/C16H21ClN2O/c1-3-9-19-10-8-18-15(19)12-16(2,20)11-13-4-6-14(17)7-5-13/h4-8,10,20H,3,9,11-12H2,1-2H3. The van der Waals surface area contributed by atoms with Gasteiger partial charge in [0.1, 0.15) is 5.82 Å². The first kappa shape index (κ1) is 15.1. The SMILES string of the molecule is CCCn1ccnc1CC(C)(O)Cc1ccc(Cl)cc1. The Bertz CT molecular complexity index is 546. The highest BCUT2D eigenvalue weighted by Crippen LogP contribution is 2.19. The van der Waals surface area contributed by atoms with Crippen molar-refractivity contribution in [1.29, 1.82) is 0 Å². The Morgan fingerprint density at radius 1 is 1.25 bits per heavy atom. The highest BCUT2D eigenvalue weighted by molar-refractivity contribution is 6.30. The Hall–Kier alpha value is -1.32. The third-order valence-electron chi connectivity index (χ3n) is 3.30. The predicted molar refractivity (Wildman–Crippen MR) is 82.0 cm³/mol. The van der Waals surface area contributed by atoms with Crippen molar-refractivity contribution in [3.63, 3.8) is 0 Å². The van der Waals surface area contributed by atoms with Crippen LogP contribution in [0.15, 0.2) is 36.7 Å². The molecule has 0 aliphatic heterocycles. The van der Waals surface area contributed by atoms with Crippen molar-refractivity contribution in [2.45, 2.75) is 45.3 Å². The van der Waals surface area contributed by atoms with Gasteiger partial charge in [-0.2, -0.15) is 0 Å². The number of halogens is 1. The fourth-order valence-electron chi connectivity index (χ4n) is 2.40. The van der Waals surface area contributed by atoms with E-state index in [0.29, 0.717) is 17.9 Å². The molecule has 20 heavy (non-hydrogen) atoms. The van der Waals surface area contributed by atoms with Gasteiger partial charge in [0, 0.05) is 36.8 Å². The molecule has 0 amide bonds. The normalized spacial score (nSPS) is 14.2. The lowest BCUT2D eigenvalue weighted by atomic mass is 9.93. The quantitative estimate of drug-likeness (QED) is 0.885. The van der Waals surface area contributed by atoms with E-state index in [4.69, 9.17) is 11.6 Å². The van der Waals surface area contributed by atoms with E-state index in [2.05, 4.69) is 16.5 Å². The molecule has 4 heteroatoms. The molecule has 0 radical (unpaired) electrons. The minimum atomic E-state index is -0.815. The number of aryl methyl sites for hydroxylation is 1. The molecule has 1 N–H and O–H groups in total. The molecule has 0 aliphatic rings. The van der Waals surface area contributed by atoms with Crippen molar-refractivity contribution in [3.8, 4) is 0 Å². The molecule has 0 saturated heterocycles. The van der Waals surface area contributed by atoms with Gasteiger partial charge in [-0.3, -0.25) is 0 Å². The lowest BCUT2D eigenvalue weighted by Crippen LogP contribution is -2.31. The molecular weight excluding hydrogens is 272 g/mol. The van der Waals surface area contributed by atoms with Crippen molar-refractivity contribution >= 4 is 11.6 Å². The summed E-state index contributed by atoms with van der Waals surface area (Å²) >= 11 is 5.88. The Morgan fingerprint density at radius 2 is 1.95 bits per heavy atom. The summed E-state index contributed by atoms with van der Waals surface area (Å²) in [6.45, 7) is 4.93. The molecule has 1 aromatic heterocycles. The molecule has 3 nitrogen and oxygen atoms in total. The van der Waals surface area contributed by atoms with E-state index in [1.165, 1.54) is 0 Å². The number of nitrogens with zero attached hydrogens (tertiary/aromatic N) is 2. The number of aliphatic hydroxyl groups is 1. The number of imidazole rings is 1. The van der Waals surface area contributed by atoms with Gasteiger partial charge >= 0.3 is 0 Å². The lowest BCUT2D eigenvalue weighted by molar-refractivity contribution is 0.0578. The fourth-order valence-corrected chi connectivity index (χ4v) is 2.52. The Morgan fingerprint density at radius 3 is 2.60 bits per heavy atom. The van der Waals surface area contributed by atoms with E-state index in [-0.39, 0.29) is 0 Å². The number of rotatable bonds is 6. The summed E-state index contributed by atoms with van der Waals surface area (Å²) in [6.07, 6.45) is 5.95.